The fraction of sp³-hybridized carbons (Fsp3) is 0.176. The smallest absolute Gasteiger partial charge is 0.349 e. The zero-order valence-corrected chi connectivity index (χ0v) is 11.9. The SMILES string of the molecule is Cc1cccc(C)c1OC(=O)COc1ccc(C#N)cc1. The standard InChI is InChI=1S/C17H15NO3/c1-12-4-3-5-13(2)17(12)21-16(19)11-20-15-8-6-14(10-18)7-9-15/h3-9H,11H2,1-2H3. The van der Waals surface area contributed by atoms with Gasteiger partial charge >= 0.3 is 5.97 Å². The topological polar surface area (TPSA) is 59.3 Å². The summed E-state index contributed by atoms with van der Waals surface area (Å²) in [5.41, 5.74) is 2.35. The van der Waals surface area contributed by atoms with E-state index in [9.17, 15) is 4.79 Å². The van der Waals surface area contributed by atoms with E-state index in [-0.39, 0.29) is 6.61 Å². The van der Waals surface area contributed by atoms with Crippen LogP contribution in [0.3, 0.4) is 0 Å². The van der Waals surface area contributed by atoms with Crippen LogP contribution in [0.25, 0.3) is 0 Å². The molecule has 0 amide bonds. The maximum Gasteiger partial charge on any atom is 0.349 e. The van der Waals surface area contributed by atoms with Crippen molar-refractivity contribution in [1.29, 1.82) is 5.26 Å². The third-order valence-corrected chi connectivity index (χ3v) is 2.96. The van der Waals surface area contributed by atoms with Gasteiger partial charge in [0.15, 0.2) is 6.61 Å². The Morgan fingerprint density at radius 3 is 2.29 bits per heavy atom. The zero-order chi connectivity index (χ0) is 15.2. The summed E-state index contributed by atoms with van der Waals surface area (Å²) in [6.07, 6.45) is 0. The number of benzene rings is 2. The van der Waals surface area contributed by atoms with Gasteiger partial charge in [-0.05, 0) is 49.2 Å². The predicted molar refractivity (Wildman–Crippen MR) is 78.2 cm³/mol. The van der Waals surface area contributed by atoms with E-state index in [4.69, 9.17) is 14.7 Å². The molecule has 0 aliphatic rings. The van der Waals surface area contributed by atoms with Crippen LogP contribution >= 0.6 is 0 Å². The van der Waals surface area contributed by atoms with Gasteiger partial charge in [-0.25, -0.2) is 4.79 Å². The minimum absolute atomic E-state index is 0.181. The number of carbonyl (C=O) groups excluding carboxylic acids is 1. The van der Waals surface area contributed by atoms with Crippen molar-refractivity contribution >= 4 is 5.97 Å². The van der Waals surface area contributed by atoms with Crippen LogP contribution in [0.1, 0.15) is 16.7 Å². The lowest BCUT2D eigenvalue weighted by atomic mass is 10.1. The Morgan fingerprint density at radius 2 is 1.71 bits per heavy atom. The van der Waals surface area contributed by atoms with Gasteiger partial charge in [0.1, 0.15) is 11.5 Å². The molecule has 0 aliphatic heterocycles. The van der Waals surface area contributed by atoms with E-state index < -0.39 is 5.97 Å². The second-order valence-corrected chi connectivity index (χ2v) is 4.62. The summed E-state index contributed by atoms with van der Waals surface area (Å²) in [5, 5.41) is 8.70. The van der Waals surface area contributed by atoms with Gasteiger partial charge in [0.25, 0.3) is 0 Å². The third-order valence-electron chi connectivity index (χ3n) is 2.96. The molecule has 0 atom stereocenters. The van der Waals surface area contributed by atoms with Gasteiger partial charge in [0.05, 0.1) is 11.6 Å². The van der Waals surface area contributed by atoms with Crippen LogP contribution in [0, 0.1) is 25.2 Å². The molecule has 0 saturated carbocycles. The van der Waals surface area contributed by atoms with E-state index >= 15 is 0 Å². The third kappa shape index (κ3) is 3.83. The van der Waals surface area contributed by atoms with Gasteiger partial charge in [-0.3, -0.25) is 0 Å². The van der Waals surface area contributed by atoms with Crippen LogP contribution in [0.2, 0.25) is 0 Å². The van der Waals surface area contributed by atoms with Crippen molar-refractivity contribution in [3.63, 3.8) is 0 Å². The lowest BCUT2D eigenvalue weighted by Crippen LogP contribution is -2.18. The van der Waals surface area contributed by atoms with E-state index in [0.29, 0.717) is 17.1 Å². The van der Waals surface area contributed by atoms with E-state index in [1.165, 1.54) is 0 Å². The Hall–Kier alpha value is -2.80. The summed E-state index contributed by atoms with van der Waals surface area (Å²) >= 11 is 0. The molecule has 0 unspecified atom stereocenters. The van der Waals surface area contributed by atoms with Crippen LogP contribution in [0.5, 0.6) is 11.5 Å². The first-order chi connectivity index (χ1) is 10.1. The van der Waals surface area contributed by atoms with E-state index in [1.807, 2.05) is 38.1 Å². The number of carbonyl (C=O) groups is 1. The van der Waals surface area contributed by atoms with Gasteiger partial charge < -0.3 is 9.47 Å². The van der Waals surface area contributed by atoms with Crippen LogP contribution in [-0.2, 0) is 4.79 Å². The average Bonchev–Trinajstić information content (AvgIpc) is 2.49. The van der Waals surface area contributed by atoms with Gasteiger partial charge in [0.2, 0.25) is 0 Å². The summed E-state index contributed by atoms with van der Waals surface area (Å²) in [6, 6.07) is 14.3. The molecule has 21 heavy (non-hydrogen) atoms. The molecule has 2 aromatic carbocycles. The summed E-state index contributed by atoms with van der Waals surface area (Å²) in [7, 11) is 0. The maximum atomic E-state index is 11.8. The largest absolute Gasteiger partial charge is 0.482 e. The second-order valence-electron chi connectivity index (χ2n) is 4.62. The highest BCUT2D eigenvalue weighted by molar-refractivity contribution is 5.74. The van der Waals surface area contributed by atoms with Crippen molar-refractivity contribution in [2.45, 2.75) is 13.8 Å². The van der Waals surface area contributed by atoms with E-state index in [1.54, 1.807) is 24.3 Å². The number of hydrogen-bond acceptors (Lipinski definition) is 4. The first kappa shape index (κ1) is 14.6. The monoisotopic (exact) mass is 281 g/mol. The summed E-state index contributed by atoms with van der Waals surface area (Å²) < 4.78 is 10.7. The fourth-order valence-electron chi connectivity index (χ4n) is 1.87. The van der Waals surface area contributed by atoms with Crippen LogP contribution < -0.4 is 9.47 Å². The quantitative estimate of drug-likeness (QED) is 0.638. The Kier molecular flexibility index (Phi) is 4.57. The number of rotatable bonds is 4. The number of ether oxygens (including phenoxy) is 2. The molecule has 0 heterocycles. The summed E-state index contributed by atoms with van der Waals surface area (Å²) in [6.45, 7) is 3.59. The highest BCUT2D eigenvalue weighted by atomic mass is 16.6. The molecule has 0 aromatic heterocycles. The zero-order valence-electron chi connectivity index (χ0n) is 11.9. The molecule has 0 radical (unpaired) electrons. The number of aryl methyl sites for hydroxylation is 2. The molecule has 0 bridgehead atoms. The number of para-hydroxylation sites is 1. The highest BCUT2D eigenvalue weighted by Gasteiger charge is 2.10. The highest BCUT2D eigenvalue weighted by Crippen LogP contribution is 2.22. The van der Waals surface area contributed by atoms with E-state index in [2.05, 4.69) is 0 Å². The Labute approximate surface area is 123 Å². The minimum Gasteiger partial charge on any atom is -0.482 e. The Morgan fingerprint density at radius 1 is 1.10 bits per heavy atom. The van der Waals surface area contributed by atoms with Crippen LogP contribution in [-0.4, -0.2) is 12.6 Å². The number of esters is 1. The summed E-state index contributed by atoms with van der Waals surface area (Å²) in [5.74, 6) is 0.634. The van der Waals surface area contributed by atoms with Crippen LogP contribution in [0.4, 0.5) is 0 Å². The first-order valence-electron chi connectivity index (χ1n) is 6.50. The van der Waals surface area contributed by atoms with Crippen molar-refractivity contribution in [3.05, 3.63) is 59.2 Å². The molecule has 0 spiro atoms. The predicted octanol–water partition coefficient (Wildman–Crippen LogP) is 3.16. The lowest BCUT2D eigenvalue weighted by Gasteiger charge is -2.10. The first-order valence-corrected chi connectivity index (χ1v) is 6.50. The van der Waals surface area contributed by atoms with Gasteiger partial charge in [-0.15, -0.1) is 0 Å². The fourth-order valence-corrected chi connectivity index (χ4v) is 1.87. The molecule has 0 saturated heterocycles. The van der Waals surface area contributed by atoms with Crippen molar-refractivity contribution in [1.82, 2.24) is 0 Å². The number of hydrogen-bond donors (Lipinski definition) is 0. The molecule has 2 rings (SSSR count). The average molecular weight is 281 g/mol. The molecular weight excluding hydrogens is 266 g/mol. The Balaban J connectivity index is 1.94. The molecule has 4 nitrogen and oxygen atoms in total. The number of nitrogens with zero attached hydrogens (tertiary/aromatic N) is 1. The molecule has 2 aromatic rings. The number of nitriles is 1. The molecule has 106 valence electrons. The lowest BCUT2D eigenvalue weighted by molar-refractivity contribution is -0.136. The van der Waals surface area contributed by atoms with Crippen LogP contribution in [0.15, 0.2) is 42.5 Å². The summed E-state index contributed by atoms with van der Waals surface area (Å²) in [4.78, 5) is 11.8. The molecule has 0 fully saturated rings. The molecule has 0 aliphatic carbocycles. The van der Waals surface area contributed by atoms with Crippen molar-refractivity contribution in [3.8, 4) is 17.6 Å². The normalized spacial score (nSPS) is 9.76. The van der Waals surface area contributed by atoms with Gasteiger partial charge in [-0.2, -0.15) is 5.26 Å². The van der Waals surface area contributed by atoms with Crippen molar-refractivity contribution in [2.75, 3.05) is 6.61 Å². The second kappa shape index (κ2) is 6.58. The van der Waals surface area contributed by atoms with Crippen molar-refractivity contribution in [2.24, 2.45) is 0 Å². The van der Waals surface area contributed by atoms with E-state index in [0.717, 1.165) is 11.1 Å². The maximum absolute atomic E-state index is 11.8. The molecule has 0 N–H and O–H groups in total. The van der Waals surface area contributed by atoms with Gasteiger partial charge in [-0.1, -0.05) is 18.2 Å². The Bertz CT molecular complexity index is 664. The molecule has 4 heteroatoms. The molecular formula is C17H15NO3. The minimum atomic E-state index is -0.461. The van der Waals surface area contributed by atoms with Crippen molar-refractivity contribution < 1.29 is 14.3 Å². The van der Waals surface area contributed by atoms with Gasteiger partial charge in [0, 0.05) is 0 Å².